The maximum Gasteiger partial charge on any atom is 0.0689 e. The van der Waals surface area contributed by atoms with Crippen molar-refractivity contribution >= 4 is 0 Å². The number of nitriles is 1. The molecule has 0 amide bonds. The Morgan fingerprint density at radius 1 is 1.05 bits per heavy atom. The Hall–Kier alpha value is -0.510. The first-order chi connectivity index (χ1) is 9.73. The van der Waals surface area contributed by atoms with Crippen LogP contribution >= 0.6 is 0 Å². The summed E-state index contributed by atoms with van der Waals surface area (Å²) in [4.78, 5) is 0. The zero-order valence-corrected chi connectivity index (χ0v) is 13.7. The van der Waals surface area contributed by atoms with Gasteiger partial charge in [0.15, 0.2) is 0 Å². The molecule has 0 aliphatic heterocycles. The number of hydrogen-bond acceptors (Lipinski definition) is 1. The first kappa shape index (κ1) is 15.9. The Labute approximate surface area is 126 Å². The second-order valence-corrected chi connectivity index (χ2v) is 7.54. The molecule has 0 aromatic rings. The van der Waals surface area contributed by atoms with Gasteiger partial charge in [0.05, 0.1) is 11.5 Å². The quantitative estimate of drug-likeness (QED) is 0.595. The fourth-order valence-corrected chi connectivity index (χ4v) is 4.78. The minimum absolute atomic E-state index is 0.0422. The average Bonchev–Trinajstić information content (AvgIpc) is 2.53. The molecule has 0 bridgehead atoms. The van der Waals surface area contributed by atoms with Crippen molar-refractivity contribution in [2.24, 2.45) is 23.2 Å². The van der Waals surface area contributed by atoms with Gasteiger partial charge in [0, 0.05) is 0 Å². The molecule has 2 saturated carbocycles. The molecule has 0 aromatic heterocycles. The molecule has 1 heteroatoms. The molecule has 20 heavy (non-hydrogen) atoms. The van der Waals surface area contributed by atoms with Crippen LogP contribution in [0.2, 0.25) is 0 Å². The average molecular weight is 275 g/mol. The van der Waals surface area contributed by atoms with Gasteiger partial charge in [-0.1, -0.05) is 58.8 Å². The zero-order valence-electron chi connectivity index (χ0n) is 13.7. The van der Waals surface area contributed by atoms with Crippen LogP contribution in [0.5, 0.6) is 0 Å². The third-order valence-electron chi connectivity index (χ3n) is 6.26. The van der Waals surface area contributed by atoms with E-state index in [2.05, 4.69) is 19.9 Å². The van der Waals surface area contributed by atoms with Gasteiger partial charge in [0.2, 0.25) is 0 Å². The van der Waals surface area contributed by atoms with E-state index in [9.17, 15) is 5.26 Å². The highest BCUT2D eigenvalue weighted by Gasteiger charge is 2.39. The van der Waals surface area contributed by atoms with Gasteiger partial charge >= 0.3 is 0 Å². The van der Waals surface area contributed by atoms with Crippen LogP contribution < -0.4 is 0 Å². The van der Waals surface area contributed by atoms with Crippen molar-refractivity contribution in [3.8, 4) is 6.07 Å². The molecule has 0 N–H and O–H groups in total. The van der Waals surface area contributed by atoms with Crippen molar-refractivity contribution in [2.45, 2.75) is 90.9 Å². The Morgan fingerprint density at radius 3 is 2.40 bits per heavy atom. The molecular weight excluding hydrogens is 242 g/mol. The fourth-order valence-electron chi connectivity index (χ4n) is 4.78. The molecule has 114 valence electrons. The highest BCUT2D eigenvalue weighted by molar-refractivity contribution is 5.03. The summed E-state index contributed by atoms with van der Waals surface area (Å²) in [5.41, 5.74) is 0.0422. The lowest BCUT2D eigenvalue weighted by molar-refractivity contribution is 0.104. The molecule has 1 nitrogen and oxygen atoms in total. The smallest absolute Gasteiger partial charge is 0.0689 e. The number of unbranched alkanes of at least 4 members (excludes halogenated alkanes) is 1. The van der Waals surface area contributed by atoms with Crippen LogP contribution in [-0.4, -0.2) is 0 Å². The minimum Gasteiger partial charge on any atom is -0.198 e. The molecule has 0 heterocycles. The number of hydrogen-bond donors (Lipinski definition) is 0. The Morgan fingerprint density at radius 2 is 1.80 bits per heavy atom. The molecule has 2 fully saturated rings. The van der Waals surface area contributed by atoms with Gasteiger partial charge < -0.3 is 0 Å². The van der Waals surface area contributed by atoms with Crippen LogP contribution in [0.25, 0.3) is 0 Å². The van der Waals surface area contributed by atoms with E-state index in [1.165, 1.54) is 70.6 Å². The van der Waals surface area contributed by atoms with Crippen LogP contribution in [0, 0.1) is 34.5 Å². The summed E-state index contributed by atoms with van der Waals surface area (Å²) in [6.07, 6.45) is 15.9. The molecule has 2 aliphatic rings. The van der Waals surface area contributed by atoms with Gasteiger partial charge in [-0.25, -0.2) is 0 Å². The Balaban J connectivity index is 1.91. The van der Waals surface area contributed by atoms with Crippen LogP contribution in [0.1, 0.15) is 90.9 Å². The third kappa shape index (κ3) is 3.78. The molecule has 2 unspecified atom stereocenters. The van der Waals surface area contributed by atoms with Gasteiger partial charge in [-0.05, 0) is 49.9 Å². The molecule has 0 aromatic carbocycles. The summed E-state index contributed by atoms with van der Waals surface area (Å²) >= 11 is 0. The van der Waals surface area contributed by atoms with Crippen LogP contribution in [-0.2, 0) is 0 Å². The number of rotatable bonds is 5. The van der Waals surface area contributed by atoms with Crippen molar-refractivity contribution in [2.75, 3.05) is 0 Å². The lowest BCUT2D eigenvalue weighted by atomic mass is 9.62. The van der Waals surface area contributed by atoms with E-state index in [-0.39, 0.29) is 5.41 Å². The predicted molar refractivity (Wildman–Crippen MR) is 85.3 cm³/mol. The summed E-state index contributed by atoms with van der Waals surface area (Å²) in [6, 6.07) is 2.74. The Bertz CT molecular complexity index is 321. The summed E-state index contributed by atoms with van der Waals surface area (Å²) in [5.74, 6) is 2.79. The van der Waals surface area contributed by atoms with E-state index in [4.69, 9.17) is 0 Å². The first-order valence-electron chi connectivity index (χ1n) is 9.14. The van der Waals surface area contributed by atoms with Gasteiger partial charge in [0.25, 0.3) is 0 Å². The molecule has 0 spiro atoms. The predicted octanol–water partition coefficient (Wildman–Crippen LogP) is 6.09. The summed E-state index contributed by atoms with van der Waals surface area (Å²) in [6.45, 7) is 4.59. The first-order valence-corrected chi connectivity index (χ1v) is 9.14. The molecular formula is C19H33N. The summed E-state index contributed by atoms with van der Waals surface area (Å²) < 4.78 is 0. The van der Waals surface area contributed by atoms with E-state index in [0.29, 0.717) is 0 Å². The fraction of sp³-hybridized carbons (Fsp3) is 0.947. The third-order valence-corrected chi connectivity index (χ3v) is 6.26. The van der Waals surface area contributed by atoms with Crippen molar-refractivity contribution < 1.29 is 0 Å². The normalized spacial score (nSPS) is 38.4. The number of nitrogens with zero attached hydrogens (tertiary/aromatic N) is 1. The standard InChI is InChI=1S/C19H33N/c1-3-5-12-19(15-20)13-6-7-18(14-19)17-10-8-16(4-2)9-11-17/h16-18H,3-14H2,1-2H3. The van der Waals surface area contributed by atoms with Crippen LogP contribution in [0.3, 0.4) is 0 Å². The van der Waals surface area contributed by atoms with Crippen molar-refractivity contribution in [3.63, 3.8) is 0 Å². The van der Waals surface area contributed by atoms with Crippen molar-refractivity contribution in [1.82, 2.24) is 0 Å². The van der Waals surface area contributed by atoms with E-state index in [1.54, 1.807) is 0 Å². The Kier molecular flexibility index (Phi) is 5.94. The molecule has 2 atom stereocenters. The zero-order chi connectivity index (χ0) is 14.4. The lowest BCUT2D eigenvalue weighted by Gasteiger charge is -2.41. The molecule has 0 saturated heterocycles. The maximum atomic E-state index is 9.71. The van der Waals surface area contributed by atoms with E-state index < -0.39 is 0 Å². The van der Waals surface area contributed by atoms with E-state index in [0.717, 1.165) is 24.2 Å². The van der Waals surface area contributed by atoms with Gasteiger partial charge in [-0.3, -0.25) is 0 Å². The second-order valence-electron chi connectivity index (χ2n) is 7.54. The molecule has 2 rings (SSSR count). The monoisotopic (exact) mass is 275 g/mol. The maximum absolute atomic E-state index is 9.71. The van der Waals surface area contributed by atoms with Gasteiger partial charge in [-0.2, -0.15) is 5.26 Å². The molecule has 2 aliphatic carbocycles. The highest BCUT2D eigenvalue weighted by atomic mass is 14.5. The van der Waals surface area contributed by atoms with Crippen molar-refractivity contribution in [1.29, 1.82) is 5.26 Å². The van der Waals surface area contributed by atoms with Crippen LogP contribution in [0.4, 0.5) is 0 Å². The molecule has 0 radical (unpaired) electrons. The highest BCUT2D eigenvalue weighted by Crippen LogP contribution is 2.48. The topological polar surface area (TPSA) is 23.8 Å². The summed E-state index contributed by atoms with van der Waals surface area (Å²) in [7, 11) is 0. The second kappa shape index (κ2) is 7.48. The van der Waals surface area contributed by atoms with Gasteiger partial charge in [-0.15, -0.1) is 0 Å². The van der Waals surface area contributed by atoms with E-state index in [1.807, 2.05) is 0 Å². The van der Waals surface area contributed by atoms with E-state index >= 15 is 0 Å². The van der Waals surface area contributed by atoms with Crippen LogP contribution in [0.15, 0.2) is 0 Å². The summed E-state index contributed by atoms with van der Waals surface area (Å²) in [5, 5.41) is 9.71. The SMILES string of the molecule is CCCCC1(C#N)CCCC(C2CCC(CC)CC2)C1. The minimum atomic E-state index is 0.0422. The van der Waals surface area contributed by atoms with Gasteiger partial charge in [0.1, 0.15) is 0 Å². The largest absolute Gasteiger partial charge is 0.198 e. The van der Waals surface area contributed by atoms with Crippen molar-refractivity contribution in [3.05, 3.63) is 0 Å². The lowest BCUT2D eigenvalue weighted by Crippen LogP contribution is -2.32.